The highest BCUT2D eigenvalue weighted by molar-refractivity contribution is 7.89. The number of benzene rings is 3. The van der Waals surface area contributed by atoms with E-state index in [0.29, 0.717) is 19.5 Å². The Balaban J connectivity index is 1.65. The Kier molecular flexibility index (Phi) is 8.24. The summed E-state index contributed by atoms with van der Waals surface area (Å²) >= 11 is 1.61. The van der Waals surface area contributed by atoms with Crippen LogP contribution < -0.4 is 0 Å². The molecule has 5 nitrogen and oxygen atoms in total. The largest absolute Gasteiger partial charge is 0.332 e. The number of hydrogen-bond acceptors (Lipinski definition) is 4. The second-order valence-corrected chi connectivity index (χ2v) is 12.0. The first kappa shape index (κ1) is 26.1. The van der Waals surface area contributed by atoms with E-state index in [1.54, 1.807) is 28.4 Å². The first-order valence-corrected chi connectivity index (χ1v) is 14.5. The molecule has 0 fully saturated rings. The van der Waals surface area contributed by atoms with Crippen molar-refractivity contribution in [2.45, 2.75) is 51.2 Å². The standard InChI is InChI=1S/C29H32N2O3S2/c1-4-23(3)31(36(33,34)27-15-14-25-12-8-9-13-26(25)18-27)21-29(32)30(19-24-10-6-5-7-11-24)20-28-22(2)16-17-35-28/h5-18,23H,4,19-21H2,1-3H3. The second kappa shape index (κ2) is 11.4. The summed E-state index contributed by atoms with van der Waals surface area (Å²) in [6.07, 6.45) is 0.600. The molecule has 4 rings (SSSR count). The van der Waals surface area contributed by atoms with E-state index in [1.807, 2.05) is 92.9 Å². The van der Waals surface area contributed by atoms with Crippen LogP contribution in [0.1, 0.15) is 36.3 Å². The molecule has 7 heteroatoms. The number of carbonyl (C=O) groups excluding carboxylic acids is 1. The van der Waals surface area contributed by atoms with E-state index in [1.165, 1.54) is 4.31 Å². The Morgan fingerprint density at radius 2 is 1.61 bits per heavy atom. The highest BCUT2D eigenvalue weighted by atomic mass is 32.2. The molecule has 0 spiro atoms. The Bertz CT molecular complexity index is 1430. The predicted octanol–water partition coefficient (Wildman–Crippen LogP) is 6.23. The predicted molar refractivity (Wildman–Crippen MR) is 147 cm³/mol. The van der Waals surface area contributed by atoms with Crippen molar-refractivity contribution < 1.29 is 13.2 Å². The molecule has 0 aliphatic carbocycles. The van der Waals surface area contributed by atoms with Crippen LogP contribution >= 0.6 is 11.3 Å². The van der Waals surface area contributed by atoms with E-state index in [4.69, 9.17) is 0 Å². The van der Waals surface area contributed by atoms with E-state index < -0.39 is 10.0 Å². The fourth-order valence-corrected chi connectivity index (χ4v) is 6.76. The van der Waals surface area contributed by atoms with E-state index in [0.717, 1.165) is 26.8 Å². The third-order valence-corrected chi connectivity index (χ3v) is 9.54. The van der Waals surface area contributed by atoms with Crippen molar-refractivity contribution in [2.75, 3.05) is 6.54 Å². The fourth-order valence-electron chi connectivity index (χ4n) is 4.15. The molecule has 1 heterocycles. The van der Waals surface area contributed by atoms with Crippen molar-refractivity contribution in [1.82, 2.24) is 9.21 Å². The average Bonchev–Trinajstić information content (AvgIpc) is 3.30. The third kappa shape index (κ3) is 5.86. The lowest BCUT2D eigenvalue weighted by atomic mass is 10.1. The molecule has 1 aromatic heterocycles. The summed E-state index contributed by atoms with van der Waals surface area (Å²) in [5.41, 5.74) is 2.14. The van der Waals surface area contributed by atoms with Gasteiger partial charge in [0, 0.05) is 17.5 Å². The number of rotatable bonds is 10. The maximum Gasteiger partial charge on any atom is 0.243 e. The second-order valence-electron chi connectivity index (χ2n) is 9.08. The molecule has 3 aromatic carbocycles. The Morgan fingerprint density at radius 1 is 0.917 bits per heavy atom. The monoisotopic (exact) mass is 520 g/mol. The van der Waals surface area contributed by atoms with Crippen LogP contribution in [0.5, 0.6) is 0 Å². The van der Waals surface area contributed by atoms with E-state index >= 15 is 0 Å². The molecule has 0 saturated heterocycles. The van der Waals surface area contributed by atoms with Gasteiger partial charge in [0.15, 0.2) is 0 Å². The highest BCUT2D eigenvalue weighted by Gasteiger charge is 2.32. The van der Waals surface area contributed by atoms with Crippen molar-refractivity contribution >= 4 is 38.0 Å². The zero-order valence-corrected chi connectivity index (χ0v) is 22.6. The fraction of sp³-hybridized carbons (Fsp3) is 0.276. The lowest BCUT2D eigenvalue weighted by molar-refractivity contribution is -0.133. The third-order valence-electron chi connectivity index (χ3n) is 6.57. The molecule has 0 aliphatic heterocycles. The maximum absolute atomic E-state index is 13.8. The van der Waals surface area contributed by atoms with Crippen LogP contribution in [0.25, 0.3) is 10.8 Å². The molecule has 1 atom stereocenters. The zero-order valence-electron chi connectivity index (χ0n) is 20.9. The first-order chi connectivity index (χ1) is 17.3. The molecule has 4 aromatic rings. The van der Waals surface area contributed by atoms with Gasteiger partial charge in [-0.2, -0.15) is 4.31 Å². The Hall–Kier alpha value is -3.00. The Labute approximate surface area is 218 Å². The summed E-state index contributed by atoms with van der Waals surface area (Å²) in [5, 5.41) is 3.85. The van der Waals surface area contributed by atoms with Crippen molar-refractivity contribution in [1.29, 1.82) is 0 Å². The summed E-state index contributed by atoms with van der Waals surface area (Å²) in [7, 11) is -3.89. The molecule has 0 radical (unpaired) electrons. The highest BCUT2D eigenvalue weighted by Crippen LogP contribution is 2.25. The quantitative estimate of drug-likeness (QED) is 0.249. The van der Waals surface area contributed by atoms with Crippen LogP contribution in [0.4, 0.5) is 0 Å². The molecule has 0 aliphatic rings. The number of nitrogens with zero attached hydrogens (tertiary/aromatic N) is 2. The van der Waals surface area contributed by atoms with Gasteiger partial charge in [-0.3, -0.25) is 4.79 Å². The summed E-state index contributed by atoms with van der Waals surface area (Å²) < 4.78 is 29.0. The van der Waals surface area contributed by atoms with Crippen LogP contribution in [-0.2, 0) is 27.9 Å². The number of carbonyl (C=O) groups is 1. The smallest absolute Gasteiger partial charge is 0.243 e. The van der Waals surface area contributed by atoms with E-state index in [-0.39, 0.29) is 23.4 Å². The number of sulfonamides is 1. The lowest BCUT2D eigenvalue weighted by Crippen LogP contribution is -2.46. The average molecular weight is 521 g/mol. The molecule has 0 bridgehead atoms. The summed E-state index contributed by atoms with van der Waals surface area (Å²) in [5.74, 6) is -0.212. The van der Waals surface area contributed by atoms with Crippen LogP contribution in [0.3, 0.4) is 0 Å². The van der Waals surface area contributed by atoms with Gasteiger partial charge in [0.1, 0.15) is 0 Å². The number of fused-ring (bicyclic) bond motifs is 1. The van der Waals surface area contributed by atoms with Crippen molar-refractivity contribution in [3.05, 3.63) is 100 Å². The maximum atomic E-state index is 13.8. The van der Waals surface area contributed by atoms with E-state index in [2.05, 4.69) is 0 Å². The van der Waals surface area contributed by atoms with Crippen LogP contribution in [0.15, 0.2) is 89.1 Å². The van der Waals surface area contributed by atoms with Gasteiger partial charge in [0.2, 0.25) is 15.9 Å². The molecule has 1 amide bonds. The van der Waals surface area contributed by atoms with Gasteiger partial charge in [0.25, 0.3) is 0 Å². The van der Waals surface area contributed by atoms with Crippen molar-refractivity contribution in [2.24, 2.45) is 0 Å². The molecular weight excluding hydrogens is 488 g/mol. The number of amides is 1. The minimum Gasteiger partial charge on any atom is -0.332 e. The van der Waals surface area contributed by atoms with Gasteiger partial charge < -0.3 is 4.90 Å². The SMILES string of the molecule is CCC(C)N(CC(=O)N(Cc1ccccc1)Cc1sccc1C)S(=O)(=O)c1ccc2ccccc2c1. The summed E-state index contributed by atoms with van der Waals surface area (Å²) in [6, 6.07) is 24.4. The normalized spacial score (nSPS) is 12.7. The topological polar surface area (TPSA) is 57.7 Å². The van der Waals surface area contributed by atoms with Crippen LogP contribution in [0, 0.1) is 6.92 Å². The minimum absolute atomic E-state index is 0.206. The van der Waals surface area contributed by atoms with Gasteiger partial charge in [-0.05, 0) is 65.7 Å². The number of thiophene rings is 1. The van der Waals surface area contributed by atoms with E-state index in [9.17, 15) is 13.2 Å². The van der Waals surface area contributed by atoms with Crippen molar-refractivity contribution in [3.8, 4) is 0 Å². The molecule has 36 heavy (non-hydrogen) atoms. The lowest BCUT2D eigenvalue weighted by Gasteiger charge is -2.30. The molecule has 0 saturated carbocycles. The summed E-state index contributed by atoms with van der Waals surface area (Å²) in [6.45, 7) is 6.49. The molecule has 188 valence electrons. The number of hydrogen-bond donors (Lipinski definition) is 0. The Morgan fingerprint density at radius 3 is 2.28 bits per heavy atom. The van der Waals surface area contributed by atoms with Gasteiger partial charge in [-0.1, -0.05) is 67.6 Å². The molecule has 0 N–H and O–H groups in total. The van der Waals surface area contributed by atoms with Gasteiger partial charge >= 0.3 is 0 Å². The van der Waals surface area contributed by atoms with Gasteiger partial charge in [0.05, 0.1) is 18.0 Å². The van der Waals surface area contributed by atoms with Gasteiger partial charge in [-0.25, -0.2) is 8.42 Å². The van der Waals surface area contributed by atoms with Gasteiger partial charge in [-0.15, -0.1) is 11.3 Å². The van der Waals surface area contributed by atoms with Crippen LogP contribution in [0.2, 0.25) is 0 Å². The van der Waals surface area contributed by atoms with Crippen LogP contribution in [-0.4, -0.2) is 36.1 Å². The molecule has 1 unspecified atom stereocenters. The number of aryl methyl sites for hydroxylation is 1. The zero-order chi connectivity index (χ0) is 25.7. The van der Waals surface area contributed by atoms with Crippen molar-refractivity contribution in [3.63, 3.8) is 0 Å². The molecular formula is C29H32N2O3S2. The minimum atomic E-state index is -3.89. The first-order valence-electron chi connectivity index (χ1n) is 12.1. The summed E-state index contributed by atoms with van der Waals surface area (Å²) in [4.78, 5) is 16.8.